The lowest BCUT2D eigenvalue weighted by Crippen LogP contribution is -2.54. The summed E-state index contributed by atoms with van der Waals surface area (Å²) in [6.07, 6.45) is 0. The van der Waals surface area contributed by atoms with Gasteiger partial charge in [0.1, 0.15) is 0 Å². The molecule has 0 fully saturated rings. The van der Waals surface area contributed by atoms with Gasteiger partial charge >= 0.3 is 0 Å². The van der Waals surface area contributed by atoms with Crippen LogP contribution in [0.5, 0.6) is 0 Å². The van der Waals surface area contributed by atoms with E-state index in [0.29, 0.717) is 0 Å². The van der Waals surface area contributed by atoms with E-state index in [-0.39, 0.29) is 12.1 Å². The van der Waals surface area contributed by atoms with Crippen LogP contribution in [0, 0.1) is 6.92 Å². The minimum atomic E-state index is -0.257. The lowest BCUT2D eigenvalue weighted by Gasteiger charge is -2.36. The predicted molar refractivity (Wildman–Crippen MR) is 78.2 cm³/mol. The van der Waals surface area contributed by atoms with Gasteiger partial charge in [-0.2, -0.15) is 0 Å². The van der Waals surface area contributed by atoms with E-state index in [1.54, 1.807) is 0 Å². The number of anilines is 1. The molecule has 0 radical (unpaired) electrons. The van der Waals surface area contributed by atoms with E-state index < -0.39 is 0 Å². The fraction of sp³-hybridized carbons (Fsp3) is 0.600. The standard InChI is InChI=1S/C15H26N2O/c1-5-16-15(4,12-18)11-17(6-2)14-10-8-7-9-13(14)3/h7-10,16,18H,5-6,11-12H2,1-4H3. The average molecular weight is 250 g/mol. The van der Waals surface area contributed by atoms with Crippen molar-refractivity contribution >= 4 is 5.69 Å². The average Bonchev–Trinajstić information content (AvgIpc) is 2.37. The van der Waals surface area contributed by atoms with Crippen LogP contribution in [0.2, 0.25) is 0 Å². The lowest BCUT2D eigenvalue weighted by atomic mass is 10.0. The first-order valence-electron chi connectivity index (χ1n) is 6.72. The van der Waals surface area contributed by atoms with Gasteiger partial charge in [0.25, 0.3) is 0 Å². The smallest absolute Gasteiger partial charge is 0.0627 e. The van der Waals surface area contributed by atoms with Crippen molar-refractivity contribution < 1.29 is 5.11 Å². The molecule has 3 nitrogen and oxygen atoms in total. The lowest BCUT2D eigenvalue weighted by molar-refractivity contribution is 0.180. The van der Waals surface area contributed by atoms with Gasteiger partial charge in [0, 0.05) is 18.8 Å². The first-order valence-corrected chi connectivity index (χ1v) is 6.72. The molecule has 0 amide bonds. The van der Waals surface area contributed by atoms with Gasteiger partial charge in [-0.1, -0.05) is 25.1 Å². The van der Waals surface area contributed by atoms with Crippen molar-refractivity contribution in [2.24, 2.45) is 0 Å². The predicted octanol–water partition coefficient (Wildman–Crippen LogP) is 2.18. The Morgan fingerprint density at radius 2 is 1.94 bits per heavy atom. The number of hydrogen-bond donors (Lipinski definition) is 2. The van der Waals surface area contributed by atoms with Gasteiger partial charge in [-0.3, -0.25) is 0 Å². The van der Waals surface area contributed by atoms with Crippen LogP contribution in [0.3, 0.4) is 0 Å². The molecule has 1 atom stereocenters. The SMILES string of the molecule is CCNC(C)(CO)CN(CC)c1ccccc1C. The Kier molecular flexibility index (Phi) is 5.63. The van der Waals surface area contributed by atoms with Gasteiger partial charge in [0.2, 0.25) is 0 Å². The molecular formula is C15H26N2O. The first kappa shape index (κ1) is 15.0. The highest BCUT2D eigenvalue weighted by atomic mass is 16.3. The molecule has 1 aromatic rings. The summed E-state index contributed by atoms with van der Waals surface area (Å²) >= 11 is 0. The Bertz CT molecular complexity index is 367. The number of nitrogens with one attached hydrogen (secondary N) is 1. The van der Waals surface area contributed by atoms with E-state index in [1.807, 2.05) is 0 Å². The highest BCUT2D eigenvalue weighted by Gasteiger charge is 2.25. The number of aliphatic hydroxyl groups excluding tert-OH is 1. The Hall–Kier alpha value is -1.06. The van der Waals surface area contributed by atoms with E-state index in [4.69, 9.17) is 0 Å². The summed E-state index contributed by atoms with van der Waals surface area (Å²) in [5.41, 5.74) is 2.27. The monoisotopic (exact) mass is 250 g/mol. The highest BCUT2D eigenvalue weighted by Crippen LogP contribution is 2.21. The number of aliphatic hydroxyl groups is 1. The van der Waals surface area contributed by atoms with Crippen molar-refractivity contribution in [3.8, 4) is 0 Å². The van der Waals surface area contributed by atoms with E-state index >= 15 is 0 Å². The highest BCUT2D eigenvalue weighted by molar-refractivity contribution is 5.53. The molecule has 0 saturated carbocycles. The number of likely N-dealkylation sites (N-methyl/N-ethyl adjacent to an activating group) is 2. The summed E-state index contributed by atoms with van der Waals surface area (Å²) in [6, 6.07) is 8.39. The molecule has 0 aliphatic carbocycles. The van der Waals surface area contributed by atoms with Gasteiger partial charge < -0.3 is 15.3 Å². The van der Waals surface area contributed by atoms with Crippen LogP contribution in [0.15, 0.2) is 24.3 Å². The molecule has 0 saturated heterocycles. The first-order chi connectivity index (χ1) is 8.56. The quantitative estimate of drug-likeness (QED) is 0.778. The molecule has 0 heterocycles. The summed E-state index contributed by atoms with van der Waals surface area (Å²) in [4.78, 5) is 2.31. The largest absolute Gasteiger partial charge is 0.394 e. The van der Waals surface area contributed by atoms with Crippen LogP contribution in [-0.4, -0.2) is 36.9 Å². The number of benzene rings is 1. The van der Waals surface area contributed by atoms with Crippen LogP contribution in [0.4, 0.5) is 5.69 Å². The second-order valence-electron chi connectivity index (χ2n) is 5.05. The molecule has 0 aliphatic heterocycles. The molecule has 18 heavy (non-hydrogen) atoms. The van der Waals surface area contributed by atoms with Crippen LogP contribution >= 0.6 is 0 Å². The Labute approximate surface area is 111 Å². The number of nitrogens with zero attached hydrogens (tertiary/aromatic N) is 1. The maximum atomic E-state index is 9.59. The van der Waals surface area contributed by atoms with Crippen LogP contribution in [-0.2, 0) is 0 Å². The van der Waals surface area contributed by atoms with Crippen LogP contribution < -0.4 is 10.2 Å². The third kappa shape index (κ3) is 3.72. The van der Waals surface area contributed by atoms with Crippen LogP contribution in [0.25, 0.3) is 0 Å². The maximum Gasteiger partial charge on any atom is 0.0627 e. The zero-order chi connectivity index (χ0) is 13.6. The summed E-state index contributed by atoms with van der Waals surface area (Å²) in [5.74, 6) is 0. The number of aryl methyl sites for hydroxylation is 1. The second kappa shape index (κ2) is 6.76. The van der Waals surface area contributed by atoms with Gasteiger partial charge in [-0.25, -0.2) is 0 Å². The molecule has 1 unspecified atom stereocenters. The van der Waals surface area contributed by atoms with Crippen molar-refractivity contribution in [2.45, 2.75) is 33.2 Å². The normalized spacial score (nSPS) is 14.3. The topological polar surface area (TPSA) is 35.5 Å². The number of hydrogen-bond acceptors (Lipinski definition) is 3. The third-order valence-electron chi connectivity index (χ3n) is 3.33. The summed E-state index contributed by atoms with van der Waals surface area (Å²) in [6.45, 7) is 11.2. The summed E-state index contributed by atoms with van der Waals surface area (Å²) in [7, 11) is 0. The molecule has 0 aromatic heterocycles. The van der Waals surface area contributed by atoms with Crippen molar-refractivity contribution in [1.29, 1.82) is 0 Å². The molecule has 102 valence electrons. The molecule has 0 bridgehead atoms. The van der Waals surface area contributed by atoms with Gasteiger partial charge in [0.05, 0.1) is 12.1 Å². The second-order valence-corrected chi connectivity index (χ2v) is 5.05. The Morgan fingerprint density at radius 3 is 2.44 bits per heavy atom. The van der Waals surface area contributed by atoms with Gasteiger partial charge in [-0.15, -0.1) is 0 Å². The van der Waals surface area contributed by atoms with E-state index in [1.165, 1.54) is 11.3 Å². The molecular weight excluding hydrogens is 224 g/mol. The zero-order valence-electron chi connectivity index (χ0n) is 12.0. The van der Waals surface area contributed by atoms with Gasteiger partial charge in [0.15, 0.2) is 0 Å². The van der Waals surface area contributed by atoms with E-state index in [2.05, 4.69) is 62.2 Å². The van der Waals surface area contributed by atoms with E-state index in [0.717, 1.165) is 19.6 Å². The van der Waals surface area contributed by atoms with Crippen LogP contribution in [0.1, 0.15) is 26.3 Å². The molecule has 0 aliphatic rings. The van der Waals surface area contributed by atoms with Crippen molar-refractivity contribution in [3.63, 3.8) is 0 Å². The maximum absolute atomic E-state index is 9.59. The number of rotatable bonds is 7. The van der Waals surface area contributed by atoms with Crippen molar-refractivity contribution in [2.75, 3.05) is 31.1 Å². The van der Waals surface area contributed by atoms with Crippen molar-refractivity contribution in [1.82, 2.24) is 5.32 Å². The summed E-state index contributed by atoms with van der Waals surface area (Å²) < 4.78 is 0. The Morgan fingerprint density at radius 1 is 1.28 bits per heavy atom. The Balaban J connectivity index is 2.88. The molecule has 1 aromatic carbocycles. The molecule has 0 spiro atoms. The molecule has 3 heteroatoms. The minimum Gasteiger partial charge on any atom is -0.394 e. The fourth-order valence-electron chi connectivity index (χ4n) is 2.30. The van der Waals surface area contributed by atoms with Gasteiger partial charge in [-0.05, 0) is 38.9 Å². The summed E-state index contributed by atoms with van der Waals surface area (Å²) in [5, 5.41) is 13.0. The zero-order valence-corrected chi connectivity index (χ0v) is 12.0. The minimum absolute atomic E-state index is 0.142. The molecule has 1 rings (SSSR count). The van der Waals surface area contributed by atoms with Crippen molar-refractivity contribution in [3.05, 3.63) is 29.8 Å². The third-order valence-corrected chi connectivity index (χ3v) is 3.33. The van der Waals surface area contributed by atoms with E-state index in [9.17, 15) is 5.11 Å². The molecule has 2 N–H and O–H groups in total. The fourth-order valence-corrected chi connectivity index (χ4v) is 2.30. The number of para-hydroxylation sites is 1.